The van der Waals surface area contributed by atoms with Gasteiger partial charge in [-0.25, -0.2) is 0 Å². The Hall–Kier alpha value is -2.47. The van der Waals surface area contributed by atoms with Crippen molar-refractivity contribution in [3.63, 3.8) is 0 Å². The average molecular weight is 324 g/mol. The first-order valence-corrected chi connectivity index (χ1v) is 8.30. The molecule has 2 aromatic heterocycles. The minimum atomic E-state index is 0.246. The molecule has 0 amide bonds. The number of rotatable bonds is 5. The first-order chi connectivity index (χ1) is 11.8. The molecule has 0 aliphatic carbocycles. The third-order valence-electron chi connectivity index (χ3n) is 4.39. The molecule has 0 N–H and O–H groups in total. The zero-order valence-corrected chi connectivity index (χ0v) is 13.7. The summed E-state index contributed by atoms with van der Waals surface area (Å²) < 4.78 is 10.9. The first-order valence-electron chi connectivity index (χ1n) is 8.30. The molecule has 6 nitrogen and oxygen atoms in total. The van der Waals surface area contributed by atoms with Crippen LogP contribution in [0.2, 0.25) is 0 Å². The highest BCUT2D eigenvalue weighted by Gasteiger charge is 2.30. The Kier molecular flexibility index (Phi) is 4.13. The van der Waals surface area contributed by atoms with Crippen LogP contribution in [-0.4, -0.2) is 26.7 Å². The predicted octanol–water partition coefficient (Wildman–Crippen LogP) is 3.29. The molecule has 3 heterocycles. The molecule has 0 radical (unpaired) electrons. The number of benzene rings is 1. The Morgan fingerprint density at radius 2 is 2.04 bits per heavy atom. The van der Waals surface area contributed by atoms with E-state index in [-0.39, 0.29) is 6.04 Å². The third-order valence-corrected chi connectivity index (χ3v) is 4.39. The van der Waals surface area contributed by atoms with Crippen molar-refractivity contribution in [2.75, 3.05) is 6.54 Å². The van der Waals surface area contributed by atoms with E-state index in [9.17, 15) is 0 Å². The summed E-state index contributed by atoms with van der Waals surface area (Å²) >= 11 is 0. The maximum Gasteiger partial charge on any atom is 0.240 e. The molecule has 1 atom stereocenters. The summed E-state index contributed by atoms with van der Waals surface area (Å²) in [6.45, 7) is 3.59. The van der Waals surface area contributed by atoms with E-state index >= 15 is 0 Å². The van der Waals surface area contributed by atoms with Crippen LogP contribution in [0.25, 0.3) is 0 Å². The normalized spacial score (nSPS) is 18.3. The van der Waals surface area contributed by atoms with Crippen molar-refractivity contribution in [3.05, 3.63) is 65.1 Å². The van der Waals surface area contributed by atoms with Crippen molar-refractivity contribution >= 4 is 0 Å². The van der Waals surface area contributed by atoms with Gasteiger partial charge < -0.3 is 9.05 Å². The van der Waals surface area contributed by atoms with Gasteiger partial charge in [0.15, 0.2) is 11.6 Å². The van der Waals surface area contributed by atoms with Crippen LogP contribution in [0.4, 0.5) is 0 Å². The first kappa shape index (κ1) is 15.1. The van der Waals surface area contributed by atoms with Gasteiger partial charge in [0.05, 0.1) is 18.3 Å². The van der Waals surface area contributed by atoms with Gasteiger partial charge in [0.25, 0.3) is 0 Å². The lowest BCUT2D eigenvalue weighted by molar-refractivity contribution is 0.183. The van der Waals surface area contributed by atoms with Crippen LogP contribution in [-0.2, 0) is 13.0 Å². The zero-order valence-electron chi connectivity index (χ0n) is 13.7. The van der Waals surface area contributed by atoms with Gasteiger partial charge in [-0.1, -0.05) is 40.6 Å². The van der Waals surface area contributed by atoms with E-state index in [1.165, 1.54) is 5.56 Å². The Morgan fingerprint density at radius 3 is 2.83 bits per heavy atom. The molecule has 1 saturated heterocycles. The van der Waals surface area contributed by atoms with E-state index in [4.69, 9.17) is 9.05 Å². The number of hydrogen-bond acceptors (Lipinski definition) is 6. The Labute approximate surface area is 140 Å². The fraction of sp³-hybridized carbons (Fsp3) is 0.389. The summed E-state index contributed by atoms with van der Waals surface area (Å²) in [6.07, 6.45) is 2.89. The molecule has 24 heavy (non-hydrogen) atoms. The molecule has 3 aromatic rings. The number of nitrogens with zero attached hydrogens (tertiary/aromatic N) is 4. The second-order valence-corrected chi connectivity index (χ2v) is 6.27. The molecule has 0 unspecified atom stereocenters. The number of aryl methyl sites for hydroxylation is 1. The summed E-state index contributed by atoms with van der Waals surface area (Å²) in [7, 11) is 0. The predicted molar refractivity (Wildman–Crippen MR) is 87.2 cm³/mol. The van der Waals surface area contributed by atoms with E-state index in [0.717, 1.165) is 36.7 Å². The third kappa shape index (κ3) is 3.23. The minimum absolute atomic E-state index is 0.246. The fourth-order valence-corrected chi connectivity index (χ4v) is 3.26. The lowest BCUT2D eigenvalue weighted by Crippen LogP contribution is -2.22. The maximum absolute atomic E-state index is 5.44. The SMILES string of the molecule is Cc1cc([C@H]2CCCN2Cc2nc(Cc3ccccc3)no2)on1. The highest BCUT2D eigenvalue weighted by Crippen LogP contribution is 2.33. The summed E-state index contributed by atoms with van der Waals surface area (Å²) in [5, 5.41) is 8.11. The highest BCUT2D eigenvalue weighted by atomic mass is 16.5. The summed E-state index contributed by atoms with van der Waals surface area (Å²) in [6, 6.07) is 12.4. The van der Waals surface area contributed by atoms with E-state index < -0.39 is 0 Å². The van der Waals surface area contributed by atoms with Crippen LogP contribution >= 0.6 is 0 Å². The van der Waals surface area contributed by atoms with Crippen LogP contribution in [0.3, 0.4) is 0 Å². The maximum atomic E-state index is 5.44. The van der Waals surface area contributed by atoms with Crippen LogP contribution < -0.4 is 0 Å². The molecule has 0 bridgehead atoms. The van der Waals surface area contributed by atoms with E-state index in [0.29, 0.717) is 18.9 Å². The van der Waals surface area contributed by atoms with Crippen molar-refractivity contribution in [3.8, 4) is 0 Å². The van der Waals surface area contributed by atoms with Gasteiger partial charge in [-0.05, 0) is 31.9 Å². The summed E-state index contributed by atoms with van der Waals surface area (Å²) in [5.74, 6) is 2.31. The standard InChI is InChI=1S/C18H20N4O2/c1-13-10-16(23-20-13)15-8-5-9-22(15)12-18-19-17(21-24-18)11-14-6-3-2-4-7-14/h2-4,6-7,10,15H,5,8-9,11-12H2,1H3/t15-/m1/s1. The molecule has 124 valence electrons. The molecule has 1 fully saturated rings. The zero-order chi connectivity index (χ0) is 16.4. The molecule has 0 spiro atoms. The molecule has 0 saturated carbocycles. The van der Waals surface area contributed by atoms with Gasteiger partial charge in [0, 0.05) is 12.5 Å². The van der Waals surface area contributed by atoms with E-state index in [2.05, 4.69) is 32.3 Å². The quantitative estimate of drug-likeness (QED) is 0.717. The molecule has 1 aromatic carbocycles. The number of hydrogen-bond donors (Lipinski definition) is 0. The second kappa shape index (κ2) is 6.57. The smallest absolute Gasteiger partial charge is 0.240 e. The van der Waals surface area contributed by atoms with Crippen molar-refractivity contribution in [1.82, 2.24) is 20.2 Å². The lowest BCUT2D eigenvalue weighted by Gasteiger charge is -2.19. The van der Waals surface area contributed by atoms with Gasteiger partial charge in [-0.15, -0.1) is 0 Å². The molecule has 1 aliphatic heterocycles. The van der Waals surface area contributed by atoms with E-state index in [1.807, 2.05) is 31.2 Å². The Balaban J connectivity index is 1.43. The van der Waals surface area contributed by atoms with Crippen LogP contribution in [0.15, 0.2) is 45.4 Å². The van der Waals surface area contributed by atoms with Gasteiger partial charge in [-0.3, -0.25) is 4.90 Å². The minimum Gasteiger partial charge on any atom is -0.359 e. The molecule has 1 aliphatic rings. The average Bonchev–Trinajstić information content (AvgIpc) is 3.31. The summed E-state index contributed by atoms with van der Waals surface area (Å²) in [5.41, 5.74) is 2.10. The van der Waals surface area contributed by atoms with Gasteiger partial charge in [0.1, 0.15) is 0 Å². The summed E-state index contributed by atoms with van der Waals surface area (Å²) in [4.78, 5) is 6.86. The lowest BCUT2D eigenvalue weighted by atomic mass is 10.1. The topological polar surface area (TPSA) is 68.2 Å². The van der Waals surface area contributed by atoms with Crippen molar-refractivity contribution < 1.29 is 9.05 Å². The number of likely N-dealkylation sites (tertiary alicyclic amines) is 1. The molecule has 6 heteroatoms. The molecular weight excluding hydrogens is 304 g/mol. The second-order valence-electron chi connectivity index (χ2n) is 6.27. The van der Waals surface area contributed by atoms with E-state index in [1.54, 1.807) is 0 Å². The van der Waals surface area contributed by atoms with Gasteiger partial charge >= 0.3 is 0 Å². The molecular formula is C18H20N4O2. The monoisotopic (exact) mass is 324 g/mol. The van der Waals surface area contributed by atoms with Crippen LogP contribution in [0.1, 0.15) is 47.6 Å². The van der Waals surface area contributed by atoms with Crippen molar-refractivity contribution in [2.24, 2.45) is 0 Å². The molecule has 4 rings (SSSR count). The van der Waals surface area contributed by atoms with Crippen LogP contribution in [0, 0.1) is 6.92 Å². The van der Waals surface area contributed by atoms with Crippen LogP contribution in [0.5, 0.6) is 0 Å². The fourth-order valence-electron chi connectivity index (χ4n) is 3.26. The number of aromatic nitrogens is 3. The largest absolute Gasteiger partial charge is 0.359 e. The Morgan fingerprint density at radius 1 is 1.17 bits per heavy atom. The van der Waals surface area contributed by atoms with Crippen molar-refractivity contribution in [1.29, 1.82) is 0 Å². The van der Waals surface area contributed by atoms with Crippen molar-refractivity contribution in [2.45, 2.75) is 38.8 Å². The van der Waals surface area contributed by atoms with Gasteiger partial charge in [-0.2, -0.15) is 4.98 Å². The van der Waals surface area contributed by atoms with Gasteiger partial charge in [0.2, 0.25) is 5.89 Å². The highest BCUT2D eigenvalue weighted by molar-refractivity contribution is 5.18. The Bertz CT molecular complexity index is 796.